The second kappa shape index (κ2) is 9.74. The van der Waals surface area contributed by atoms with E-state index in [9.17, 15) is 9.59 Å². The highest BCUT2D eigenvalue weighted by Crippen LogP contribution is 2.68. The van der Waals surface area contributed by atoms with Gasteiger partial charge in [0.25, 0.3) is 0 Å². The van der Waals surface area contributed by atoms with Crippen molar-refractivity contribution in [2.45, 2.75) is 104 Å². The molecule has 0 amide bonds. The van der Waals surface area contributed by atoms with Gasteiger partial charge in [-0.3, -0.25) is 9.59 Å². The maximum Gasteiger partial charge on any atom is 0.306 e. The largest absolute Gasteiger partial charge is 0.463 e. The predicted octanol–water partition coefficient (Wildman–Crippen LogP) is 6.72. The first-order chi connectivity index (χ1) is 15.7. The van der Waals surface area contributed by atoms with Gasteiger partial charge in [0.1, 0.15) is 12.7 Å². The first-order valence-corrected chi connectivity index (χ1v) is 13.6. The molecule has 4 fully saturated rings. The first kappa shape index (κ1) is 24.8. The molecule has 186 valence electrons. The highest BCUT2D eigenvalue weighted by Gasteiger charge is 2.60. The zero-order valence-corrected chi connectivity index (χ0v) is 21.4. The van der Waals surface area contributed by atoms with Gasteiger partial charge in [0.15, 0.2) is 0 Å². The minimum absolute atomic E-state index is 0.0826. The van der Waals surface area contributed by atoms with Crippen LogP contribution in [0.3, 0.4) is 0 Å². The maximum absolute atomic E-state index is 12.0. The molecule has 0 radical (unpaired) electrons. The second-order valence-corrected chi connectivity index (χ2v) is 12.4. The van der Waals surface area contributed by atoms with Crippen LogP contribution in [0.2, 0.25) is 0 Å². The highest BCUT2D eigenvalue weighted by atomic mass is 16.5. The fraction of sp³-hybridized carbons (Fsp3) is 0.862. The smallest absolute Gasteiger partial charge is 0.306 e. The Morgan fingerprint density at radius 3 is 2.48 bits per heavy atom. The monoisotopic (exact) mass is 458 g/mol. The standard InChI is InChI=1S/C29H46O4/c1-6-17-32-27(31)12-7-19(2)24-10-11-25-23-9-8-21-18-22(33-20(3)30)13-15-28(21,4)26(23)14-16-29(24,25)5/h6,19,21-26H,1,7-18H2,2-5H3/t19-,21-,22-,23+,24?,25+,26+,28+,29-/m1/s1. The Bertz CT molecular complexity index is 746. The molecule has 4 aliphatic rings. The van der Waals surface area contributed by atoms with Gasteiger partial charge in [-0.15, -0.1) is 0 Å². The minimum Gasteiger partial charge on any atom is -0.463 e. The van der Waals surface area contributed by atoms with Crippen LogP contribution in [0.5, 0.6) is 0 Å². The van der Waals surface area contributed by atoms with Crippen LogP contribution < -0.4 is 0 Å². The summed E-state index contributed by atoms with van der Waals surface area (Å²) in [5.41, 5.74) is 0.837. The van der Waals surface area contributed by atoms with E-state index >= 15 is 0 Å². The van der Waals surface area contributed by atoms with Crippen molar-refractivity contribution in [3.8, 4) is 0 Å². The molecule has 33 heavy (non-hydrogen) atoms. The normalized spacial score (nSPS) is 42.9. The molecule has 4 aliphatic carbocycles. The molecule has 0 aromatic heterocycles. The molecule has 4 saturated carbocycles. The van der Waals surface area contributed by atoms with Crippen molar-refractivity contribution in [1.29, 1.82) is 0 Å². The molecular formula is C29H46O4. The van der Waals surface area contributed by atoms with E-state index in [1.165, 1.54) is 44.9 Å². The van der Waals surface area contributed by atoms with Gasteiger partial charge in [0.05, 0.1) is 0 Å². The molecule has 0 N–H and O–H groups in total. The van der Waals surface area contributed by atoms with Gasteiger partial charge in [-0.1, -0.05) is 33.4 Å². The molecule has 0 aromatic carbocycles. The number of carbonyl (C=O) groups excluding carboxylic acids is 2. The fourth-order valence-electron chi connectivity index (χ4n) is 9.31. The molecule has 0 spiro atoms. The summed E-state index contributed by atoms with van der Waals surface area (Å²) >= 11 is 0. The molecule has 1 unspecified atom stereocenters. The van der Waals surface area contributed by atoms with Gasteiger partial charge < -0.3 is 9.47 Å². The summed E-state index contributed by atoms with van der Waals surface area (Å²) in [6.07, 6.45) is 14.6. The minimum atomic E-state index is -0.120. The molecule has 0 bridgehead atoms. The van der Waals surface area contributed by atoms with E-state index in [2.05, 4.69) is 27.4 Å². The third kappa shape index (κ3) is 4.65. The van der Waals surface area contributed by atoms with E-state index < -0.39 is 0 Å². The van der Waals surface area contributed by atoms with E-state index in [0.717, 1.165) is 42.9 Å². The van der Waals surface area contributed by atoms with Gasteiger partial charge in [-0.05, 0) is 111 Å². The lowest BCUT2D eigenvalue weighted by Gasteiger charge is -2.61. The first-order valence-electron chi connectivity index (χ1n) is 13.6. The zero-order valence-electron chi connectivity index (χ0n) is 21.4. The molecule has 0 heterocycles. The fourth-order valence-corrected chi connectivity index (χ4v) is 9.31. The van der Waals surface area contributed by atoms with Crippen LogP contribution in [0.15, 0.2) is 12.7 Å². The van der Waals surface area contributed by atoms with Gasteiger partial charge in [0, 0.05) is 13.3 Å². The Balaban J connectivity index is 1.40. The quantitative estimate of drug-likeness (QED) is 0.314. The van der Waals surface area contributed by atoms with E-state index in [1.807, 2.05) is 0 Å². The maximum atomic E-state index is 12.0. The van der Waals surface area contributed by atoms with Crippen LogP contribution in [-0.2, 0) is 19.1 Å². The molecule has 0 aliphatic heterocycles. The van der Waals surface area contributed by atoms with Crippen LogP contribution in [0.4, 0.5) is 0 Å². The molecule has 4 rings (SSSR count). The van der Waals surface area contributed by atoms with Crippen molar-refractivity contribution in [2.24, 2.45) is 46.3 Å². The number of hydrogen-bond acceptors (Lipinski definition) is 4. The van der Waals surface area contributed by atoms with Crippen LogP contribution in [0.1, 0.15) is 98.3 Å². The zero-order chi connectivity index (χ0) is 23.8. The van der Waals surface area contributed by atoms with Crippen molar-refractivity contribution in [2.75, 3.05) is 6.61 Å². The van der Waals surface area contributed by atoms with Gasteiger partial charge in [0.2, 0.25) is 0 Å². The lowest BCUT2D eigenvalue weighted by atomic mass is 9.44. The highest BCUT2D eigenvalue weighted by molar-refractivity contribution is 5.69. The number of esters is 2. The van der Waals surface area contributed by atoms with Gasteiger partial charge >= 0.3 is 11.9 Å². The van der Waals surface area contributed by atoms with Crippen LogP contribution >= 0.6 is 0 Å². The summed E-state index contributed by atoms with van der Waals surface area (Å²) in [5, 5.41) is 0. The molecule has 4 nitrogen and oxygen atoms in total. The van der Waals surface area contributed by atoms with E-state index in [0.29, 0.717) is 35.7 Å². The van der Waals surface area contributed by atoms with Crippen LogP contribution in [0, 0.1) is 46.3 Å². The Kier molecular flexibility index (Phi) is 7.32. The summed E-state index contributed by atoms with van der Waals surface area (Å²) < 4.78 is 10.8. The summed E-state index contributed by atoms with van der Waals surface area (Å²) in [7, 11) is 0. The summed E-state index contributed by atoms with van der Waals surface area (Å²) in [6, 6.07) is 0. The van der Waals surface area contributed by atoms with Crippen LogP contribution in [-0.4, -0.2) is 24.6 Å². The van der Waals surface area contributed by atoms with E-state index in [4.69, 9.17) is 9.47 Å². The number of rotatable bonds is 7. The lowest BCUT2D eigenvalue weighted by molar-refractivity contribution is -0.160. The molecular weight excluding hydrogens is 412 g/mol. The summed E-state index contributed by atoms with van der Waals surface area (Å²) in [5.74, 6) is 4.31. The van der Waals surface area contributed by atoms with Crippen molar-refractivity contribution < 1.29 is 19.1 Å². The second-order valence-electron chi connectivity index (χ2n) is 12.4. The molecule has 0 saturated heterocycles. The summed E-state index contributed by atoms with van der Waals surface area (Å²) in [4.78, 5) is 23.5. The Morgan fingerprint density at radius 2 is 1.76 bits per heavy atom. The molecule has 4 heteroatoms. The lowest BCUT2D eigenvalue weighted by Crippen LogP contribution is -2.54. The van der Waals surface area contributed by atoms with Crippen molar-refractivity contribution in [1.82, 2.24) is 0 Å². The van der Waals surface area contributed by atoms with Crippen molar-refractivity contribution >= 4 is 11.9 Å². The van der Waals surface area contributed by atoms with Crippen LogP contribution in [0.25, 0.3) is 0 Å². The van der Waals surface area contributed by atoms with E-state index in [1.54, 1.807) is 13.0 Å². The molecule has 0 aromatic rings. The number of fused-ring (bicyclic) bond motifs is 5. The topological polar surface area (TPSA) is 52.6 Å². The van der Waals surface area contributed by atoms with Gasteiger partial charge in [-0.25, -0.2) is 0 Å². The Morgan fingerprint density at radius 1 is 1.03 bits per heavy atom. The Hall–Kier alpha value is -1.32. The number of ether oxygens (including phenoxy) is 2. The third-order valence-corrected chi connectivity index (χ3v) is 10.9. The average molecular weight is 459 g/mol. The van der Waals surface area contributed by atoms with E-state index in [-0.39, 0.29) is 18.0 Å². The van der Waals surface area contributed by atoms with Crippen molar-refractivity contribution in [3.05, 3.63) is 12.7 Å². The third-order valence-electron chi connectivity index (χ3n) is 10.9. The number of hydrogen-bond donors (Lipinski definition) is 0. The molecule has 9 atom stereocenters. The van der Waals surface area contributed by atoms with Gasteiger partial charge in [-0.2, -0.15) is 0 Å². The summed E-state index contributed by atoms with van der Waals surface area (Å²) in [6.45, 7) is 13.0. The van der Waals surface area contributed by atoms with Crippen molar-refractivity contribution in [3.63, 3.8) is 0 Å². The Labute approximate surface area is 201 Å². The predicted molar refractivity (Wildman–Crippen MR) is 130 cm³/mol. The number of carbonyl (C=O) groups is 2. The average Bonchev–Trinajstić information content (AvgIpc) is 3.13. The SMILES string of the molecule is C=CCOC(=O)CC[C@@H](C)C1CC[C@H]2[C@@H]3CC[C@@H]4C[C@H](OC(C)=O)CC[C@]4(C)[C@H]3CC[C@]12C.